The van der Waals surface area contributed by atoms with Crippen molar-refractivity contribution >= 4 is 34.1 Å². The van der Waals surface area contributed by atoms with Crippen LogP contribution in [0.4, 0.5) is 5.13 Å². The van der Waals surface area contributed by atoms with E-state index in [-0.39, 0.29) is 24.3 Å². The van der Waals surface area contributed by atoms with Gasteiger partial charge in [0.25, 0.3) is 0 Å². The summed E-state index contributed by atoms with van der Waals surface area (Å²) in [5.74, 6) is 2.07. The van der Waals surface area contributed by atoms with Crippen LogP contribution in [0.3, 0.4) is 0 Å². The third-order valence-electron chi connectivity index (χ3n) is 4.37. The van der Waals surface area contributed by atoms with Gasteiger partial charge in [0.15, 0.2) is 5.13 Å². The molecule has 0 unspecified atom stereocenters. The van der Waals surface area contributed by atoms with Gasteiger partial charge in [-0.05, 0) is 11.1 Å². The molecule has 9 heteroatoms. The zero-order valence-corrected chi connectivity index (χ0v) is 19.6. The number of hydrogen-bond donors (Lipinski definition) is 3. The van der Waals surface area contributed by atoms with E-state index in [0.29, 0.717) is 29.9 Å². The average Bonchev–Trinajstić information content (AvgIpc) is 3.37. The fraction of sp³-hybridized carbons (Fsp3) is 0.409. The molecule has 0 radical (unpaired) electrons. The number of benzene rings is 1. The number of amides is 1. The van der Waals surface area contributed by atoms with E-state index in [1.165, 1.54) is 11.3 Å². The van der Waals surface area contributed by atoms with Gasteiger partial charge in [-0.25, -0.2) is 9.97 Å². The first-order valence-electron chi connectivity index (χ1n) is 10.1. The Morgan fingerprint density at radius 1 is 1.16 bits per heavy atom. The summed E-state index contributed by atoms with van der Waals surface area (Å²) >= 11 is 3.02. The van der Waals surface area contributed by atoms with Crippen LogP contribution >= 0.6 is 23.1 Å². The zero-order valence-electron chi connectivity index (χ0n) is 18.0. The highest BCUT2D eigenvalue weighted by molar-refractivity contribution is 8.00. The molecule has 0 spiro atoms. The molecule has 0 saturated carbocycles. The summed E-state index contributed by atoms with van der Waals surface area (Å²) in [7, 11) is 0. The highest BCUT2D eigenvalue weighted by Crippen LogP contribution is 2.31. The van der Waals surface area contributed by atoms with E-state index in [1.54, 1.807) is 24.2 Å². The second-order valence-corrected chi connectivity index (χ2v) is 10.4. The number of rotatable bonds is 10. The Morgan fingerprint density at radius 3 is 2.58 bits per heavy atom. The molecule has 7 nitrogen and oxygen atoms in total. The minimum atomic E-state index is -0.0976. The lowest BCUT2D eigenvalue weighted by Gasteiger charge is -2.12. The van der Waals surface area contributed by atoms with Crippen molar-refractivity contribution in [1.29, 1.82) is 0 Å². The van der Waals surface area contributed by atoms with Crippen molar-refractivity contribution in [2.24, 2.45) is 0 Å². The minimum Gasteiger partial charge on any atom is -0.444 e. The molecular weight excluding hydrogens is 432 g/mol. The first-order chi connectivity index (χ1) is 14.8. The lowest BCUT2D eigenvalue weighted by molar-refractivity contribution is -0.115. The highest BCUT2D eigenvalue weighted by Gasteiger charge is 2.19. The zero-order chi connectivity index (χ0) is 22.3. The average molecular weight is 461 g/mol. The van der Waals surface area contributed by atoms with Gasteiger partial charge in [-0.3, -0.25) is 4.79 Å². The van der Waals surface area contributed by atoms with Crippen molar-refractivity contribution in [3.05, 3.63) is 59.4 Å². The highest BCUT2D eigenvalue weighted by atomic mass is 32.2. The third-order valence-corrected chi connectivity index (χ3v) is 6.46. The summed E-state index contributed by atoms with van der Waals surface area (Å²) in [5.41, 5.74) is 1.99. The molecule has 1 amide bonds. The van der Waals surface area contributed by atoms with Crippen LogP contribution in [0.2, 0.25) is 0 Å². The summed E-state index contributed by atoms with van der Waals surface area (Å²) in [5, 5.41) is 15.4. The number of anilines is 1. The van der Waals surface area contributed by atoms with Gasteiger partial charge in [0.1, 0.15) is 5.76 Å². The van der Waals surface area contributed by atoms with Crippen molar-refractivity contribution in [2.75, 3.05) is 18.5 Å². The van der Waals surface area contributed by atoms with Gasteiger partial charge in [-0.1, -0.05) is 56.4 Å². The van der Waals surface area contributed by atoms with Crippen LogP contribution in [0.15, 0.2) is 45.3 Å². The molecule has 0 aliphatic heterocycles. The number of hydrogen-bond acceptors (Lipinski definition) is 8. The summed E-state index contributed by atoms with van der Waals surface area (Å²) in [4.78, 5) is 21.0. The normalized spacial score (nSPS) is 11.6. The second-order valence-electron chi connectivity index (χ2n) is 8.08. The molecule has 0 aliphatic rings. The summed E-state index contributed by atoms with van der Waals surface area (Å²) in [6, 6.07) is 7.86. The first-order valence-corrected chi connectivity index (χ1v) is 11.9. The molecule has 3 rings (SSSR count). The number of carbonyl (C=O) groups excluding carboxylic acids is 1. The van der Waals surface area contributed by atoms with Crippen molar-refractivity contribution in [3.63, 3.8) is 0 Å². The molecule has 2 heterocycles. The maximum absolute atomic E-state index is 12.3. The smallest absolute Gasteiger partial charge is 0.230 e. The summed E-state index contributed by atoms with van der Waals surface area (Å²) in [6.07, 6.45) is 3.83. The molecule has 0 saturated heterocycles. The largest absolute Gasteiger partial charge is 0.444 e. The number of aromatic nitrogens is 2. The van der Waals surface area contributed by atoms with Crippen LogP contribution in [-0.2, 0) is 28.9 Å². The molecular formula is C22H28N4O3S2. The molecule has 0 aliphatic carbocycles. The Labute approximate surface area is 190 Å². The van der Waals surface area contributed by atoms with Crippen molar-refractivity contribution in [2.45, 2.75) is 49.1 Å². The van der Waals surface area contributed by atoms with Crippen molar-refractivity contribution in [1.82, 2.24) is 15.3 Å². The molecule has 31 heavy (non-hydrogen) atoms. The van der Waals surface area contributed by atoms with E-state index in [4.69, 9.17) is 9.52 Å². The van der Waals surface area contributed by atoms with Crippen molar-refractivity contribution in [3.8, 4) is 0 Å². The Kier molecular flexibility index (Phi) is 8.25. The molecule has 0 atom stereocenters. The molecule has 1 aromatic carbocycles. The van der Waals surface area contributed by atoms with E-state index in [0.717, 1.165) is 21.1 Å². The van der Waals surface area contributed by atoms with Crippen LogP contribution in [0.25, 0.3) is 0 Å². The maximum atomic E-state index is 12.3. The van der Waals surface area contributed by atoms with E-state index >= 15 is 0 Å². The lowest BCUT2D eigenvalue weighted by Crippen LogP contribution is -2.17. The molecule has 3 aromatic rings. The fourth-order valence-electron chi connectivity index (χ4n) is 2.68. The molecule has 0 bridgehead atoms. The van der Waals surface area contributed by atoms with Gasteiger partial charge < -0.3 is 20.2 Å². The SMILES string of the molecule is CC(C)(C)c1cnc(CSc2cnc(NC(=O)Cc3ccc(CNCCO)cc3)s2)o1. The summed E-state index contributed by atoms with van der Waals surface area (Å²) < 4.78 is 6.80. The van der Waals surface area contributed by atoms with Crippen LogP contribution in [0.5, 0.6) is 0 Å². The van der Waals surface area contributed by atoms with Gasteiger partial charge >= 0.3 is 0 Å². The number of thiazole rings is 1. The number of thioether (sulfide) groups is 1. The first kappa shape index (κ1) is 23.5. The fourth-order valence-corrected chi connectivity index (χ4v) is 4.42. The van der Waals surface area contributed by atoms with Crippen LogP contribution in [0.1, 0.15) is 43.5 Å². The molecule has 2 aromatic heterocycles. The number of nitrogens with zero attached hydrogens (tertiary/aromatic N) is 2. The Hall–Kier alpha value is -2.20. The van der Waals surface area contributed by atoms with Gasteiger partial charge in [-0.15, -0.1) is 11.8 Å². The number of aliphatic hydroxyl groups is 1. The Bertz CT molecular complexity index is 977. The predicted octanol–water partition coefficient (Wildman–Crippen LogP) is 3.98. The van der Waals surface area contributed by atoms with Crippen LogP contribution in [0, 0.1) is 0 Å². The second kappa shape index (κ2) is 10.9. The topological polar surface area (TPSA) is 100 Å². The van der Waals surface area contributed by atoms with E-state index in [9.17, 15) is 4.79 Å². The van der Waals surface area contributed by atoms with Gasteiger partial charge in [0.05, 0.1) is 35.4 Å². The van der Waals surface area contributed by atoms with Gasteiger partial charge in [0.2, 0.25) is 11.8 Å². The van der Waals surface area contributed by atoms with Crippen molar-refractivity contribution < 1.29 is 14.3 Å². The lowest BCUT2D eigenvalue weighted by atomic mass is 9.94. The Balaban J connectivity index is 1.45. The van der Waals surface area contributed by atoms with E-state index < -0.39 is 0 Å². The number of carbonyl (C=O) groups is 1. The van der Waals surface area contributed by atoms with E-state index in [1.807, 2.05) is 24.3 Å². The third kappa shape index (κ3) is 7.46. The molecule has 0 fully saturated rings. The predicted molar refractivity (Wildman–Crippen MR) is 124 cm³/mol. The molecule has 166 valence electrons. The maximum Gasteiger partial charge on any atom is 0.230 e. The number of nitrogens with one attached hydrogen (secondary N) is 2. The Morgan fingerprint density at radius 2 is 1.90 bits per heavy atom. The van der Waals surface area contributed by atoms with Crippen LogP contribution < -0.4 is 10.6 Å². The quantitative estimate of drug-likeness (QED) is 0.311. The minimum absolute atomic E-state index is 0.0605. The number of aliphatic hydroxyl groups excluding tert-OH is 1. The summed E-state index contributed by atoms with van der Waals surface area (Å²) in [6.45, 7) is 7.65. The molecule has 3 N–H and O–H groups in total. The van der Waals surface area contributed by atoms with E-state index in [2.05, 4.69) is 41.4 Å². The van der Waals surface area contributed by atoms with Gasteiger partial charge in [-0.2, -0.15) is 0 Å². The monoisotopic (exact) mass is 460 g/mol. The number of oxazole rings is 1. The standard InChI is InChI=1S/C22H28N4O3S2/c1-22(2,3)17-12-24-19(29-17)14-30-20-13-25-21(31-20)26-18(28)10-15-4-6-16(7-5-15)11-23-8-9-27/h4-7,12-13,23,27H,8-11,14H2,1-3H3,(H,25,26,28). The van der Waals surface area contributed by atoms with Crippen LogP contribution in [-0.4, -0.2) is 34.1 Å². The van der Waals surface area contributed by atoms with Gasteiger partial charge in [0, 0.05) is 18.5 Å².